The van der Waals surface area contributed by atoms with E-state index >= 15 is 0 Å². The van der Waals surface area contributed by atoms with Gasteiger partial charge in [0, 0.05) is 0 Å². The topological polar surface area (TPSA) is 25.2 Å². The van der Waals surface area contributed by atoms with E-state index in [9.17, 15) is 0 Å². The molecule has 1 N–H and O–H groups in total. The molecule has 1 fully saturated rings. The van der Waals surface area contributed by atoms with Gasteiger partial charge in [0.05, 0.1) is 16.8 Å². The van der Waals surface area contributed by atoms with E-state index in [0.29, 0.717) is 6.04 Å². The molecule has 1 aliphatic carbocycles. The lowest BCUT2D eigenvalue weighted by molar-refractivity contribution is 0.358. The number of hydrogen-bond acceptors (Lipinski definition) is 2. The molecule has 0 spiro atoms. The van der Waals surface area contributed by atoms with Gasteiger partial charge in [-0.3, -0.25) is 0 Å². The molecule has 0 aromatic carbocycles. The maximum absolute atomic E-state index is 5.63. The first-order valence-electron chi connectivity index (χ1n) is 7.27. The summed E-state index contributed by atoms with van der Waals surface area (Å²) in [7, 11) is 0. The Labute approximate surface area is 119 Å². The zero-order valence-corrected chi connectivity index (χ0v) is 12.8. The summed E-state index contributed by atoms with van der Waals surface area (Å²) in [6, 6.07) is 2.36. The summed E-state index contributed by atoms with van der Waals surface area (Å²) in [5.41, 5.74) is 0. The fourth-order valence-corrected chi connectivity index (χ4v) is 3.38. The summed E-state index contributed by atoms with van der Waals surface area (Å²) >= 11 is 3.58. The predicted molar refractivity (Wildman–Crippen MR) is 78.6 cm³/mol. The fourth-order valence-electron chi connectivity index (χ4n) is 2.90. The molecule has 1 aromatic rings. The van der Waals surface area contributed by atoms with Gasteiger partial charge in [-0.15, -0.1) is 0 Å². The normalized spacial score (nSPS) is 18.3. The summed E-state index contributed by atoms with van der Waals surface area (Å²) in [5, 5.41) is 3.61. The van der Waals surface area contributed by atoms with Crippen molar-refractivity contribution in [3.05, 3.63) is 22.6 Å². The van der Waals surface area contributed by atoms with Crippen LogP contribution in [0.1, 0.15) is 63.7 Å². The van der Waals surface area contributed by atoms with Gasteiger partial charge in [0.15, 0.2) is 0 Å². The third-order valence-electron chi connectivity index (χ3n) is 3.94. The highest BCUT2D eigenvalue weighted by Crippen LogP contribution is 2.33. The summed E-state index contributed by atoms with van der Waals surface area (Å²) < 4.78 is 6.73. The Balaban J connectivity index is 1.90. The molecule has 0 amide bonds. The Kier molecular flexibility index (Phi) is 5.77. The molecule has 0 saturated heterocycles. The average molecular weight is 314 g/mol. The lowest BCUT2D eigenvalue weighted by Gasteiger charge is -2.19. The van der Waals surface area contributed by atoms with Crippen LogP contribution < -0.4 is 5.32 Å². The van der Waals surface area contributed by atoms with E-state index in [0.717, 1.165) is 29.1 Å². The van der Waals surface area contributed by atoms with Crippen LogP contribution in [0, 0.1) is 5.92 Å². The molecule has 0 bridgehead atoms. The number of nitrogens with one attached hydrogen (secondary N) is 1. The largest absolute Gasteiger partial charge is 0.466 e. The molecule has 0 aliphatic heterocycles. The smallest absolute Gasteiger partial charge is 0.134 e. The molecule has 1 saturated carbocycles. The van der Waals surface area contributed by atoms with E-state index in [2.05, 4.69) is 28.2 Å². The lowest BCUT2D eigenvalue weighted by Crippen LogP contribution is -2.22. The van der Waals surface area contributed by atoms with E-state index in [1.54, 1.807) is 6.26 Å². The molecular weight excluding hydrogens is 290 g/mol. The Hall–Kier alpha value is -0.280. The molecule has 1 aromatic heterocycles. The Morgan fingerprint density at radius 1 is 1.44 bits per heavy atom. The highest BCUT2D eigenvalue weighted by Gasteiger charge is 2.21. The van der Waals surface area contributed by atoms with Gasteiger partial charge >= 0.3 is 0 Å². The molecule has 1 heterocycles. The molecule has 102 valence electrons. The Morgan fingerprint density at radius 3 is 2.83 bits per heavy atom. The molecule has 0 radical (unpaired) electrons. The zero-order chi connectivity index (χ0) is 12.8. The van der Waals surface area contributed by atoms with Crippen LogP contribution in [0.25, 0.3) is 0 Å². The van der Waals surface area contributed by atoms with Gasteiger partial charge in [-0.2, -0.15) is 0 Å². The van der Waals surface area contributed by atoms with Crippen LogP contribution in [0.4, 0.5) is 0 Å². The van der Waals surface area contributed by atoms with Gasteiger partial charge in [-0.05, 0) is 53.7 Å². The van der Waals surface area contributed by atoms with Crippen molar-refractivity contribution in [1.29, 1.82) is 0 Å². The van der Waals surface area contributed by atoms with E-state index in [1.165, 1.54) is 38.5 Å². The maximum atomic E-state index is 5.63. The first-order chi connectivity index (χ1) is 8.81. The molecule has 18 heavy (non-hydrogen) atoms. The average Bonchev–Trinajstić information content (AvgIpc) is 3.01. The van der Waals surface area contributed by atoms with E-state index in [1.807, 2.05) is 6.07 Å². The number of hydrogen-bond donors (Lipinski definition) is 1. The minimum Gasteiger partial charge on any atom is -0.466 e. The van der Waals surface area contributed by atoms with Crippen molar-refractivity contribution >= 4 is 15.9 Å². The van der Waals surface area contributed by atoms with Gasteiger partial charge in [0.2, 0.25) is 0 Å². The van der Waals surface area contributed by atoms with Crippen LogP contribution in [0.3, 0.4) is 0 Å². The minimum absolute atomic E-state index is 0.370. The molecule has 1 unspecified atom stereocenters. The van der Waals surface area contributed by atoms with Crippen molar-refractivity contribution in [3.63, 3.8) is 0 Å². The fraction of sp³-hybridized carbons (Fsp3) is 0.733. The zero-order valence-electron chi connectivity index (χ0n) is 11.3. The third kappa shape index (κ3) is 3.86. The van der Waals surface area contributed by atoms with Gasteiger partial charge in [-0.25, -0.2) is 0 Å². The maximum Gasteiger partial charge on any atom is 0.134 e. The third-order valence-corrected chi connectivity index (χ3v) is 4.60. The van der Waals surface area contributed by atoms with E-state index in [-0.39, 0.29) is 0 Å². The van der Waals surface area contributed by atoms with Crippen molar-refractivity contribution in [1.82, 2.24) is 5.32 Å². The summed E-state index contributed by atoms with van der Waals surface area (Å²) in [4.78, 5) is 0. The number of rotatable bonds is 7. The van der Waals surface area contributed by atoms with Crippen molar-refractivity contribution in [2.75, 3.05) is 6.54 Å². The first kappa shape index (κ1) is 14.1. The van der Waals surface area contributed by atoms with Crippen LogP contribution in [-0.4, -0.2) is 6.54 Å². The second-order valence-electron chi connectivity index (χ2n) is 5.37. The highest BCUT2D eigenvalue weighted by molar-refractivity contribution is 9.10. The van der Waals surface area contributed by atoms with E-state index < -0.39 is 0 Å². The van der Waals surface area contributed by atoms with Gasteiger partial charge < -0.3 is 9.73 Å². The summed E-state index contributed by atoms with van der Waals surface area (Å²) in [6.07, 6.45) is 11.2. The molecule has 3 heteroatoms. The first-order valence-corrected chi connectivity index (χ1v) is 8.06. The second kappa shape index (κ2) is 7.34. The quantitative estimate of drug-likeness (QED) is 0.761. The standard InChI is InChI=1S/C15H24BrNO/c1-2-10-17-14(15-13(16)9-11-18-15)8-7-12-5-3-4-6-12/h9,11-12,14,17H,2-8,10H2,1H3. The summed E-state index contributed by atoms with van der Waals surface area (Å²) in [5.74, 6) is 2.02. The molecular formula is C15H24BrNO. The number of halogens is 1. The molecule has 2 nitrogen and oxygen atoms in total. The second-order valence-corrected chi connectivity index (χ2v) is 6.22. The van der Waals surface area contributed by atoms with Crippen LogP contribution in [0.2, 0.25) is 0 Å². The van der Waals surface area contributed by atoms with Crippen molar-refractivity contribution in [2.45, 2.75) is 57.9 Å². The molecule has 2 rings (SSSR count). The highest BCUT2D eigenvalue weighted by atomic mass is 79.9. The molecule has 1 atom stereocenters. The van der Waals surface area contributed by atoms with Gasteiger partial charge in [-0.1, -0.05) is 32.6 Å². The molecule has 1 aliphatic rings. The Bertz CT molecular complexity index is 344. The van der Waals surface area contributed by atoms with Gasteiger partial charge in [0.1, 0.15) is 5.76 Å². The Morgan fingerprint density at radius 2 is 2.22 bits per heavy atom. The van der Waals surface area contributed by atoms with Crippen LogP contribution in [0.15, 0.2) is 21.2 Å². The van der Waals surface area contributed by atoms with Crippen LogP contribution in [0.5, 0.6) is 0 Å². The van der Waals surface area contributed by atoms with E-state index in [4.69, 9.17) is 4.42 Å². The van der Waals surface area contributed by atoms with Crippen molar-refractivity contribution in [3.8, 4) is 0 Å². The predicted octanol–water partition coefficient (Wildman–Crippen LogP) is 5.05. The summed E-state index contributed by atoms with van der Waals surface area (Å²) in [6.45, 7) is 3.26. The minimum atomic E-state index is 0.370. The SMILES string of the molecule is CCCNC(CCC1CCCC1)c1occc1Br. The monoisotopic (exact) mass is 313 g/mol. The van der Waals surface area contributed by atoms with Gasteiger partial charge in [0.25, 0.3) is 0 Å². The lowest BCUT2D eigenvalue weighted by atomic mass is 9.97. The van der Waals surface area contributed by atoms with Crippen molar-refractivity contribution < 1.29 is 4.42 Å². The van der Waals surface area contributed by atoms with Crippen molar-refractivity contribution in [2.24, 2.45) is 5.92 Å². The van der Waals surface area contributed by atoms with Crippen LogP contribution in [-0.2, 0) is 0 Å². The van der Waals surface area contributed by atoms with Crippen LogP contribution >= 0.6 is 15.9 Å². The number of furan rings is 1.